The molecule has 0 radical (unpaired) electrons. The fraction of sp³-hybridized carbons (Fsp3) is 0.133. The van der Waals surface area contributed by atoms with Crippen LogP contribution in [0.15, 0.2) is 36.4 Å². The zero-order chi connectivity index (χ0) is 17.0. The van der Waals surface area contributed by atoms with Gasteiger partial charge in [-0.1, -0.05) is 41.4 Å². The van der Waals surface area contributed by atoms with Crippen molar-refractivity contribution in [2.75, 3.05) is 7.11 Å². The van der Waals surface area contributed by atoms with Crippen LogP contribution in [0.5, 0.6) is 5.75 Å². The van der Waals surface area contributed by atoms with Crippen LogP contribution in [0.3, 0.4) is 0 Å². The second-order valence-electron chi connectivity index (χ2n) is 4.45. The maximum Gasteiger partial charge on any atom is 0.333 e. The van der Waals surface area contributed by atoms with Crippen LogP contribution in [0.1, 0.15) is 22.1 Å². The van der Waals surface area contributed by atoms with Crippen molar-refractivity contribution >= 4 is 35.1 Å². The first kappa shape index (κ1) is 17.1. The van der Waals surface area contributed by atoms with E-state index in [1.807, 2.05) is 0 Å². The summed E-state index contributed by atoms with van der Waals surface area (Å²) in [7, 11) is 1.17. The Bertz CT molecular complexity index is 752. The highest BCUT2D eigenvalue weighted by molar-refractivity contribution is 6.34. The number of phenols is 1. The van der Waals surface area contributed by atoms with Crippen LogP contribution in [0.4, 0.5) is 0 Å². The van der Waals surface area contributed by atoms with Crippen LogP contribution in [-0.4, -0.2) is 29.1 Å². The molecule has 23 heavy (non-hydrogen) atoms. The number of aromatic hydroxyl groups is 1. The third-order valence-corrected chi connectivity index (χ3v) is 3.50. The summed E-state index contributed by atoms with van der Waals surface area (Å²) in [6.07, 6.45) is 0. The van der Waals surface area contributed by atoms with E-state index < -0.39 is 17.9 Å². The van der Waals surface area contributed by atoms with E-state index in [0.717, 1.165) is 0 Å². The van der Waals surface area contributed by atoms with Crippen molar-refractivity contribution < 1.29 is 19.4 Å². The Morgan fingerprint density at radius 2 is 1.91 bits per heavy atom. The van der Waals surface area contributed by atoms with Gasteiger partial charge in [0.1, 0.15) is 16.6 Å². The van der Waals surface area contributed by atoms with Gasteiger partial charge in [-0.15, -0.1) is 0 Å². The van der Waals surface area contributed by atoms with Crippen molar-refractivity contribution in [3.63, 3.8) is 0 Å². The van der Waals surface area contributed by atoms with Gasteiger partial charge in [-0.2, -0.15) is 0 Å². The number of hydrogen-bond donors (Lipinski definition) is 2. The van der Waals surface area contributed by atoms with E-state index in [-0.39, 0.29) is 27.2 Å². The molecule has 6 nitrogen and oxygen atoms in total. The molecule has 2 N–H and O–H groups in total. The molecular formula is C15H12Cl2N2O4. The van der Waals surface area contributed by atoms with Crippen LogP contribution in [0.2, 0.25) is 10.2 Å². The topological polar surface area (TPSA) is 88.5 Å². The van der Waals surface area contributed by atoms with Crippen molar-refractivity contribution in [1.29, 1.82) is 0 Å². The van der Waals surface area contributed by atoms with Crippen LogP contribution < -0.4 is 5.32 Å². The number of aromatic nitrogens is 1. The van der Waals surface area contributed by atoms with E-state index in [0.29, 0.717) is 0 Å². The maximum absolute atomic E-state index is 12.3. The first-order valence-electron chi connectivity index (χ1n) is 6.42. The molecule has 2 aromatic rings. The molecule has 0 spiro atoms. The molecule has 0 aliphatic rings. The van der Waals surface area contributed by atoms with Crippen LogP contribution in [-0.2, 0) is 9.53 Å². The second-order valence-corrected chi connectivity index (χ2v) is 5.25. The summed E-state index contributed by atoms with van der Waals surface area (Å²) in [4.78, 5) is 28.1. The number of halogens is 2. The Labute approximate surface area is 142 Å². The number of benzene rings is 1. The molecule has 120 valence electrons. The number of carbonyl (C=O) groups is 2. The highest BCUT2D eigenvalue weighted by Crippen LogP contribution is 2.25. The third kappa shape index (κ3) is 3.91. The van der Waals surface area contributed by atoms with Crippen molar-refractivity contribution in [3.8, 4) is 5.75 Å². The predicted molar refractivity (Wildman–Crippen MR) is 84.6 cm³/mol. The molecule has 1 aromatic heterocycles. The summed E-state index contributed by atoms with van der Waals surface area (Å²) in [6.45, 7) is 0. The number of para-hydroxylation sites is 1. The molecule has 0 fully saturated rings. The molecule has 0 saturated carbocycles. The Kier molecular flexibility index (Phi) is 5.41. The predicted octanol–water partition coefficient (Wildman–Crippen LogP) is 2.74. The first-order chi connectivity index (χ1) is 10.9. The standard InChI is InChI=1S/C15H12Cl2N2O4/c1-23-15(22)12(8-4-2-3-5-10(8)20)19-14(21)13-9(16)6-7-11(17)18-13/h2-7,12,20H,1H3,(H,19,21). The first-order valence-corrected chi connectivity index (χ1v) is 7.18. The van der Waals surface area contributed by atoms with Crippen molar-refractivity contribution in [3.05, 3.63) is 57.8 Å². The molecule has 1 unspecified atom stereocenters. The number of phenolic OH excluding ortho intramolecular Hbond substituents is 1. The lowest BCUT2D eigenvalue weighted by molar-refractivity contribution is -0.143. The summed E-state index contributed by atoms with van der Waals surface area (Å²) in [5.74, 6) is -1.64. The van der Waals surface area contributed by atoms with Gasteiger partial charge in [-0.05, 0) is 18.2 Å². The van der Waals surface area contributed by atoms with E-state index in [2.05, 4.69) is 15.0 Å². The van der Waals surface area contributed by atoms with E-state index in [9.17, 15) is 14.7 Å². The third-order valence-electron chi connectivity index (χ3n) is 2.99. The largest absolute Gasteiger partial charge is 0.508 e. The molecule has 0 aliphatic heterocycles. The van der Waals surface area contributed by atoms with Gasteiger partial charge in [0.15, 0.2) is 6.04 Å². The minimum atomic E-state index is -1.22. The van der Waals surface area contributed by atoms with Gasteiger partial charge in [-0.25, -0.2) is 9.78 Å². The Morgan fingerprint density at radius 1 is 1.22 bits per heavy atom. The highest BCUT2D eigenvalue weighted by Gasteiger charge is 2.27. The number of pyridine rings is 1. The fourth-order valence-electron chi connectivity index (χ4n) is 1.89. The summed E-state index contributed by atoms with van der Waals surface area (Å²) >= 11 is 11.7. The normalized spacial score (nSPS) is 11.6. The molecule has 1 heterocycles. The van der Waals surface area contributed by atoms with Gasteiger partial charge in [-0.3, -0.25) is 4.79 Å². The molecule has 0 saturated heterocycles. The number of esters is 1. The Balaban J connectivity index is 2.35. The van der Waals surface area contributed by atoms with Crippen LogP contribution in [0.25, 0.3) is 0 Å². The summed E-state index contributed by atoms with van der Waals surface area (Å²) in [6, 6.07) is 7.71. The maximum atomic E-state index is 12.3. The number of carbonyl (C=O) groups excluding carboxylic acids is 2. The fourth-order valence-corrected chi connectivity index (χ4v) is 2.23. The molecule has 1 atom stereocenters. The molecule has 8 heteroatoms. The molecule has 1 aromatic carbocycles. The van der Waals surface area contributed by atoms with Crippen molar-refractivity contribution in [2.24, 2.45) is 0 Å². The number of nitrogens with one attached hydrogen (secondary N) is 1. The van der Waals surface area contributed by atoms with E-state index in [1.54, 1.807) is 12.1 Å². The molecule has 2 rings (SSSR count). The van der Waals surface area contributed by atoms with Gasteiger partial charge < -0.3 is 15.2 Å². The minimum absolute atomic E-state index is 0.0767. The zero-order valence-electron chi connectivity index (χ0n) is 11.9. The average molecular weight is 355 g/mol. The Hall–Kier alpha value is -2.31. The van der Waals surface area contributed by atoms with E-state index in [1.165, 1.54) is 31.4 Å². The van der Waals surface area contributed by atoms with Gasteiger partial charge in [0.05, 0.1) is 12.1 Å². The lowest BCUT2D eigenvalue weighted by Gasteiger charge is -2.18. The summed E-state index contributed by atoms with van der Waals surface area (Å²) in [5.41, 5.74) is 0.0503. The smallest absolute Gasteiger partial charge is 0.333 e. The quantitative estimate of drug-likeness (QED) is 0.650. The number of ether oxygens (including phenoxy) is 1. The van der Waals surface area contributed by atoms with Gasteiger partial charge in [0, 0.05) is 5.56 Å². The highest BCUT2D eigenvalue weighted by atomic mass is 35.5. The molecule has 1 amide bonds. The SMILES string of the molecule is COC(=O)C(NC(=O)c1nc(Cl)ccc1Cl)c1ccccc1O. The Morgan fingerprint density at radius 3 is 2.57 bits per heavy atom. The van der Waals surface area contributed by atoms with E-state index in [4.69, 9.17) is 23.2 Å². The van der Waals surface area contributed by atoms with Gasteiger partial charge >= 0.3 is 5.97 Å². The number of hydrogen-bond acceptors (Lipinski definition) is 5. The van der Waals surface area contributed by atoms with Gasteiger partial charge in [0.2, 0.25) is 0 Å². The lowest BCUT2D eigenvalue weighted by atomic mass is 10.1. The number of amides is 1. The monoisotopic (exact) mass is 354 g/mol. The molecular weight excluding hydrogens is 343 g/mol. The van der Waals surface area contributed by atoms with Crippen LogP contribution >= 0.6 is 23.2 Å². The van der Waals surface area contributed by atoms with Crippen LogP contribution in [0, 0.1) is 0 Å². The minimum Gasteiger partial charge on any atom is -0.508 e. The number of rotatable bonds is 4. The summed E-state index contributed by atoms with van der Waals surface area (Å²) < 4.78 is 4.67. The van der Waals surface area contributed by atoms with Crippen molar-refractivity contribution in [2.45, 2.75) is 6.04 Å². The van der Waals surface area contributed by atoms with E-state index >= 15 is 0 Å². The zero-order valence-corrected chi connectivity index (χ0v) is 13.4. The average Bonchev–Trinajstić information content (AvgIpc) is 2.54. The summed E-state index contributed by atoms with van der Waals surface area (Å²) in [5, 5.41) is 12.5. The number of methoxy groups -OCH3 is 1. The second kappa shape index (κ2) is 7.30. The lowest BCUT2D eigenvalue weighted by Crippen LogP contribution is -2.35. The molecule has 0 bridgehead atoms. The number of nitrogens with zero attached hydrogens (tertiary/aromatic N) is 1. The molecule has 0 aliphatic carbocycles. The van der Waals surface area contributed by atoms with Crippen molar-refractivity contribution in [1.82, 2.24) is 10.3 Å². The van der Waals surface area contributed by atoms with Gasteiger partial charge in [0.25, 0.3) is 5.91 Å².